The minimum atomic E-state index is 0.115. The Labute approximate surface area is 104 Å². The minimum Gasteiger partial charge on any atom is -0.395 e. The largest absolute Gasteiger partial charge is 0.395 e. The Hall–Kier alpha value is -0.930. The van der Waals surface area contributed by atoms with Crippen molar-refractivity contribution in [2.75, 3.05) is 6.61 Å². The first-order valence-electron chi connectivity index (χ1n) is 6.34. The van der Waals surface area contributed by atoms with Gasteiger partial charge in [0.05, 0.1) is 18.3 Å². The summed E-state index contributed by atoms with van der Waals surface area (Å²) in [6, 6.07) is 6.27. The van der Waals surface area contributed by atoms with Crippen molar-refractivity contribution in [1.29, 1.82) is 0 Å². The van der Waals surface area contributed by atoms with E-state index in [9.17, 15) is 5.11 Å². The molecule has 3 nitrogen and oxygen atoms in total. The molecular formula is C14H24N2O. The molecule has 0 aliphatic carbocycles. The topological polar surface area (TPSA) is 45.1 Å². The van der Waals surface area contributed by atoms with Crippen LogP contribution >= 0.6 is 0 Å². The number of nitrogens with zero attached hydrogens (tertiary/aromatic N) is 1. The molecule has 2 N–H and O–H groups in total. The average molecular weight is 236 g/mol. The Morgan fingerprint density at radius 1 is 1.18 bits per heavy atom. The number of hydrogen-bond acceptors (Lipinski definition) is 3. The van der Waals surface area contributed by atoms with Crippen molar-refractivity contribution in [1.82, 2.24) is 10.3 Å². The van der Waals surface area contributed by atoms with Crippen molar-refractivity contribution in [3.05, 3.63) is 30.1 Å². The summed E-state index contributed by atoms with van der Waals surface area (Å²) in [5.41, 5.74) is 1.04. The number of pyridine rings is 1. The van der Waals surface area contributed by atoms with Gasteiger partial charge >= 0.3 is 0 Å². The molecule has 0 unspecified atom stereocenters. The van der Waals surface area contributed by atoms with Crippen LogP contribution in [-0.4, -0.2) is 22.7 Å². The van der Waals surface area contributed by atoms with Gasteiger partial charge in [0.2, 0.25) is 0 Å². The second-order valence-corrected chi connectivity index (χ2v) is 5.18. The van der Waals surface area contributed by atoms with Crippen molar-refractivity contribution in [3.63, 3.8) is 0 Å². The van der Waals surface area contributed by atoms with Gasteiger partial charge in [0.25, 0.3) is 0 Å². The number of hydrogen-bond donors (Lipinski definition) is 2. The van der Waals surface area contributed by atoms with E-state index in [0.29, 0.717) is 11.8 Å². The fourth-order valence-electron chi connectivity index (χ4n) is 1.87. The molecule has 0 aliphatic rings. The Morgan fingerprint density at radius 3 is 2.29 bits per heavy atom. The Morgan fingerprint density at radius 2 is 1.88 bits per heavy atom. The second kappa shape index (κ2) is 6.72. The summed E-state index contributed by atoms with van der Waals surface area (Å²) in [6.07, 6.45) is 1.82. The Balaban J connectivity index is 2.80. The molecule has 96 valence electrons. The van der Waals surface area contributed by atoms with Crippen LogP contribution in [0.25, 0.3) is 0 Å². The van der Waals surface area contributed by atoms with Gasteiger partial charge in [0.15, 0.2) is 0 Å². The molecule has 17 heavy (non-hydrogen) atoms. The van der Waals surface area contributed by atoms with Gasteiger partial charge in [-0.15, -0.1) is 0 Å². The van der Waals surface area contributed by atoms with E-state index < -0.39 is 0 Å². The third kappa shape index (κ3) is 4.10. The number of rotatable bonds is 6. The molecule has 0 radical (unpaired) electrons. The molecule has 0 amide bonds. The first kappa shape index (κ1) is 14.1. The van der Waals surface area contributed by atoms with E-state index in [1.54, 1.807) is 0 Å². The SMILES string of the molecule is CC(C)[C@H](N[C@H](CO)C(C)C)c1ccccn1. The predicted molar refractivity (Wildman–Crippen MR) is 70.7 cm³/mol. The molecule has 1 heterocycles. The maximum absolute atomic E-state index is 9.39. The van der Waals surface area contributed by atoms with Crippen molar-refractivity contribution < 1.29 is 5.11 Å². The van der Waals surface area contributed by atoms with Crippen LogP contribution in [0.1, 0.15) is 39.4 Å². The van der Waals surface area contributed by atoms with Crippen LogP contribution in [-0.2, 0) is 0 Å². The molecule has 0 saturated heterocycles. The fourth-order valence-corrected chi connectivity index (χ4v) is 1.87. The lowest BCUT2D eigenvalue weighted by Crippen LogP contribution is -2.41. The molecule has 0 bridgehead atoms. The molecule has 3 heteroatoms. The van der Waals surface area contributed by atoms with E-state index in [4.69, 9.17) is 0 Å². The standard InChI is InChI=1S/C14H24N2O/c1-10(2)13(9-17)16-14(11(3)4)12-7-5-6-8-15-12/h5-8,10-11,13-14,16-17H,9H2,1-4H3/t13-,14+/m1/s1. The zero-order valence-electron chi connectivity index (χ0n) is 11.2. The highest BCUT2D eigenvalue weighted by atomic mass is 16.3. The van der Waals surface area contributed by atoms with Gasteiger partial charge in [0.1, 0.15) is 0 Å². The van der Waals surface area contributed by atoms with Gasteiger partial charge in [0, 0.05) is 12.2 Å². The third-order valence-corrected chi connectivity index (χ3v) is 3.07. The average Bonchev–Trinajstić information content (AvgIpc) is 2.30. The van der Waals surface area contributed by atoms with Gasteiger partial charge in [-0.2, -0.15) is 0 Å². The molecule has 0 spiro atoms. The minimum absolute atomic E-state index is 0.115. The molecule has 1 aromatic rings. The van der Waals surface area contributed by atoms with Gasteiger partial charge in [-0.05, 0) is 24.0 Å². The van der Waals surface area contributed by atoms with Crippen LogP contribution in [0.15, 0.2) is 24.4 Å². The summed E-state index contributed by atoms with van der Waals surface area (Å²) < 4.78 is 0. The maximum Gasteiger partial charge on any atom is 0.0587 e. The molecular weight excluding hydrogens is 212 g/mol. The van der Waals surface area contributed by atoms with E-state index in [2.05, 4.69) is 38.0 Å². The van der Waals surface area contributed by atoms with E-state index in [1.165, 1.54) is 0 Å². The normalized spacial score (nSPS) is 15.2. The summed E-state index contributed by atoms with van der Waals surface area (Å²) in [4.78, 5) is 4.40. The third-order valence-electron chi connectivity index (χ3n) is 3.07. The van der Waals surface area contributed by atoms with E-state index >= 15 is 0 Å². The van der Waals surface area contributed by atoms with Crippen molar-refractivity contribution in [2.24, 2.45) is 11.8 Å². The van der Waals surface area contributed by atoms with Gasteiger partial charge < -0.3 is 10.4 Å². The van der Waals surface area contributed by atoms with Gasteiger partial charge in [-0.25, -0.2) is 0 Å². The smallest absolute Gasteiger partial charge is 0.0587 e. The molecule has 1 rings (SSSR count). The van der Waals surface area contributed by atoms with E-state index in [0.717, 1.165) is 5.69 Å². The monoisotopic (exact) mass is 236 g/mol. The number of nitrogens with one attached hydrogen (secondary N) is 1. The molecule has 0 saturated carbocycles. The summed E-state index contributed by atoms with van der Waals surface area (Å²) in [5.74, 6) is 0.850. The van der Waals surface area contributed by atoms with E-state index in [-0.39, 0.29) is 18.7 Å². The predicted octanol–water partition coefficient (Wildman–Crippen LogP) is 2.39. The molecule has 0 aliphatic heterocycles. The van der Waals surface area contributed by atoms with Crippen LogP contribution in [0.5, 0.6) is 0 Å². The lowest BCUT2D eigenvalue weighted by Gasteiger charge is -2.29. The van der Waals surface area contributed by atoms with Crippen molar-refractivity contribution >= 4 is 0 Å². The van der Waals surface area contributed by atoms with Crippen LogP contribution in [0.3, 0.4) is 0 Å². The second-order valence-electron chi connectivity index (χ2n) is 5.18. The van der Waals surface area contributed by atoms with Gasteiger partial charge in [-0.3, -0.25) is 4.98 Å². The number of aromatic nitrogens is 1. The quantitative estimate of drug-likeness (QED) is 0.797. The van der Waals surface area contributed by atoms with Crippen LogP contribution in [0.4, 0.5) is 0 Å². The van der Waals surface area contributed by atoms with Crippen LogP contribution in [0, 0.1) is 11.8 Å². The summed E-state index contributed by atoms with van der Waals surface area (Å²) in [7, 11) is 0. The zero-order valence-corrected chi connectivity index (χ0v) is 11.2. The lowest BCUT2D eigenvalue weighted by atomic mass is 9.96. The van der Waals surface area contributed by atoms with E-state index in [1.807, 2.05) is 24.4 Å². The molecule has 0 fully saturated rings. The molecule has 1 aromatic heterocycles. The van der Waals surface area contributed by atoms with Crippen LogP contribution < -0.4 is 5.32 Å². The summed E-state index contributed by atoms with van der Waals surface area (Å²) >= 11 is 0. The maximum atomic E-state index is 9.39. The molecule has 2 atom stereocenters. The first-order valence-corrected chi connectivity index (χ1v) is 6.34. The highest BCUT2D eigenvalue weighted by Crippen LogP contribution is 2.21. The first-order chi connectivity index (χ1) is 8.06. The van der Waals surface area contributed by atoms with Crippen molar-refractivity contribution in [2.45, 2.75) is 39.8 Å². The summed E-state index contributed by atoms with van der Waals surface area (Å²) in [5, 5.41) is 12.9. The highest BCUT2D eigenvalue weighted by molar-refractivity contribution is 5.09. The Kier molecular flexibility index (Phi) is 5.59. The molecule has 0 aromatic carbocycles. The lowest BCUT2D eigenvalue weighted by molar-refractivity contribution is 0.187. The summed E-state index contributed by atoms with van der Waals surface area (Å²) in [6.45, 7) is 8.73. The van der Waals surface area contributed by atoms with Crippen LogP contribution in [0.2, 0.25) is 0 Å². The Bertz CT molecular complexity index is 311. The fraction of sp³-hybridized carbons (Fsp3) is 0.643. The van der Waals surface area contributed by atoms with Gasteiger partial charge in [-0.1, -0.05) is 33.8 Å². The highest BCUT2D eigenvalue weighted by Gasteiger charge is 2.22. The zero-order chi connectivity index (χ0) is 12.8. The number of aliphatic hydroxyl groups excluding tert-OH is 1. The number of aliphatic hydroxyl groups is 1. The van der Waals surface area contributed by atoms with Crippen molar-refractivity contribution in [3.8, 4) is 0 Å².